The van der Waals surface area contributed by atoms with E-state index in [2.05, 4.69) is 4.99 Å². The second kappa shape index (κ2) is 5.36. The molecule has 3 N–H and O–H groups in total. The van der Waals surface area contributed by atoms with E-state index >= 15 is 0 Å². The van der Waals surface area contributed by atoms with Gasteiger partial charge in [-0.3, -0.25) is 0 Å². The van der Waals surface area contributed by atoms with Crippen LogP contribution in [-0.4, -0.2) is 10.9 Å². The summed E-state index contributed by atoms with van der Waals surface area (Å²) in [5.74, 6) is 0.739. The highest BCUT2D eigenvalue weighted by molar-refractivity contribution is 6.15. The highest BCUT2D eigenvalue weighted by Gasteiger charge is 2.18. The number of allylic oxidation sites excluding steroid dienone is 3. The van der Waals surface area contributed by atoms with Crippen molar-refractivity contribution in [1.82, 2.24) is 0 Å². The lowest BCUT2D eigenvalue weighted by molar-refractivity contribution is 0.473. The number of hydrogen-bond donors (Lipinski definition) is 2. The van der Waals surface area contributed by atoms with Gasteiger partial charge in [0.2, 0.25) is 0 Å². The van der Waals surface area contributed by atoms with Crippen molar-refractivity contribution < 1.29 is 5.11 Å². The van der Waals surface area contributed by atoms with Gasteiger partial charge in [-0.25, -0.2) is 4.99 Å². The summed E-state index contributed by atoms with van der Waals surface area (Å²) in [6.07, 6.45) is 8.55. The van der Waals surface area contributed by atoms with Crippen molar-refractivity contribution in [2.24, 2.45) is 10.7 Å². The van der Waals surface area contributed by atoms with Crippen LogP contribution < -0.4 is 5.73 Å². The first-order valence-electron chi connectivity index (χ1n) is 5.88. The minimum Gasteiger partial charge on any atom is -0.507 e. The summed E-state index contributed by atoms with van der Waals surface area (Å²) in [7, 11) is 0. The monoisotopic (exact) mass is 240 g/mol. The maximum absolute atomic E-state index is 9.87. The predicted molar refractivity (Wildman–Crippen MR) is 75.2 cm³/mol. The molecule has 0 radical (unpaired) electrons. The van der Waals surface area contributed by atoms with Crippen molar-refractivity contribution >= 4 is 11.4 Å². The Bertz CT molecular complexity index is 566. The molecule has 0 aromatic heterocycles. The summed E-state index contributed by atoms with van der Waals surface area (Å²) in [6.45, 7) is 1.98. The molecule has 1 heterocycles. The molecule has 1 aromatic rings. The first-order valence-corrected chi connectivity index (χ1v) is 5.88. The Morgan fingerprint density at radius 3 is 2.83 bits per heavy atom. The van der Waals surface area contributed by atoms with Gasteiger partial charge in [-0.2, -0.15) is 0 Å². The average molecular weight is 240 g/mol. The van der Waals surface area contributed by atoms with Gasteiger partial charge in [0.1, 0.15) is 11.6 Å². The number of benzene rings is 1. The Morgan fingerprint density at radius 2 is 2.11 bits per heavy atom. The fourth-order valence-corrected chi connectivity index (χ4v) is 1.86. The molecule has 3 heteroatoms. The normalized spacial score (nSPS) is 17.3. The molecule has 3 nitrogen and oxygen atoms in total. The molecule has 1 aliphatic rings. The number of aromatic hydroxyl groups is 1. The molecule has 2 rings (SSSR count). The molecule has 0 spiro atoms. The van der Waals surface area contributed by atoms with Crippen LogP contribution in [0.4, 0.5) is 0 Å². The largest absolute Gasteiger partial charge is 0.507 e. The van der Waals surface area contributed by atoms with Gasteiger partial charge in [-0.05, 0) is 19.4 Å². The number of aliphatic imine (C=N–C) groups is 1. The molecule has 0 fully saturated rings. The van der Waals surface area contributed by atoms with Gasteiger partial charge in [-0.15, -0.1) is 0 Å². The van der Waals surface area contributed by atoms with Crippen molar-refractivity contribution in [1.29, 1.82) is 0 Å². The number of rotatable bonds is 3. The maximum atomic E-state index is 9.87. The number of para-hydroxylation sites is 1. The summed E-state index contributed by atoms with van der Waals surface area (Å²) in [5.41, 5.74) is 8.38. The third-order valence-corrected chi connectivity index (χ3v) is 2.79. The minimum absolute atomic E-state index is 0.241. The zero-order chi connectivity index (χ0) is 13.0. The first kappa shape index (κ1) is 12.2. The van der Waals surface area contributed by atoms with E-state index in [0.29, 0.717) is 5.84 Å². The van der Waals surface area contributed by atoms with Crippen LogP contribution in [0.25, 0.3) is 5.57 Å². The first-order chi connectivity index (χ1) is 8.74. The molecule has 0 saturated carbocycles. The number of nitrogens with zero attached hydrogens (tertiary/aromatic N) is 1. The van der Waals surface area contributed by atoms with Crippen LogP contribution in [-0.2, 0) is 0 Å². The average Bonchev–Trinajstić information content (AvgIpc) is 2.72. The molecule has 1 aliphatic heterocycles. The number of phenols is 1. The van der Waals surface area contributed by atoms with Crippen molar-refractivity contribution in [3.05, 3.63) is 59.8 Å². The van der Waals surface area contributed by atoms with Gasteiger partial charge in [0.15, 0.2) is 0 Å². The number of phenolic OH excluding ortho intramolecular Hbond substituents is 1. The van der Waals surface area contributed by atoms with Gasteiger partial charge >= 0.3 is 0 Å². The third kappa shape index (κ3) is 2.35. The Balaban J connectivity index is 2.35. The highest BCUT2D eigenvalue weighted by atomic mass is 16.3. The van der Waals surface area contributed by atoms with Gasteiger partial charge in [-0.1, -0.05) is 36.4 Å². The molecule has 0 saturated heterocycles. The summed E-state index contributed by atoms with van der Waals surface area (Å²) < 4.78 is 0. The second-order valence-electron chi connectivity index (χ2n) is 4.00. The smallest absolute Gasteiger partial charge is 0.131 e. The molecule has 0 atom stereocenters. The molecule has 0 aliphatic carbocycles. The van der Waals surface area contributed by atoms with E-state index in [1.165, 1.54) is 0 Å². The quantitative estimate of drug-likeness (QED) is 0.798. The molecular weight excluding hydrogens is 224 g/mol. The highest BCUT2D eigenvalue weighted by Crippen LogP contribution is 2.33. The molecule has 0 bridgehead atoms. The summed E-state index contributed by atoms with van der Waals surface area (Å²) >= 11 is 0. The molecular formula is C15H16N2O. The number of amidine groups is 1. The summed E-state index contributed by atoms with van der Waals surface area (Å²) in [5, 5.41) is 9.87. The summed E-state index contributed by atoms with van der Waals surface area (Å²) in [6, 6.07) is 7.20. The van der Waals surface area contributed by atoms with Gasteiger partial charge in [0.05, 0.1) is 0 Å². The van der Waals surface area contributed by atoms with Crippen LogP contribution in [0.5, 0.6) is 5.75 Å². The Labute approximate surface area is 107 Å². The lowest BCUT2D eigenvalue weighted by Gasteiger charge is -2.08. The third-order valence-electron chi connectivity index (χ3n) is 2.79. The lowest BCUT2D eigenvalue weighted by Crippen LogP contribution is -2.12. The van der Waals surface area contributed by atoms with E-state index in [-0.39, 0.29) is 5.75 Å². The van der Waals surface area contributed by atoms with Crippen molar-refractivity contribution in [3.63, 3.8) is 0 Å². The van der Waals surface area contributed by atoms with Crippen LogP contribution in [0.3, 0.4) is 0 Å². The topological polar surface area (TPSA) is 58.6 Å². The Morgan fingerprint density at radius 1 is 1.33 bits per heavy atom. The number of hydrogen-bond acceptors (Lipinski definition) is 3. The minimum atomic E-state index is 0.241. The molecule has 0 unspecified atom stereocenters. The zero-order valence-electron chi connectivity index (χ0n) is 10.3. The van der Waals surface area contributed by atoms with Crippen LogP contribution in [0.1, 0.15) is 18.9 Å². The lowest BCUT2D eigenvalue weighted by atomic mass is 9.98. The molecule has 18 heavy (non-hydrogen) atoms. The SMILES string of the molecule is C/C=C\C/C=C1\C(c2ccccc2O)=CN=C1N. The Hall–Kier alpha value is -2.29. The van der Waals surface area contributed by atoms with E-state index in [9.17, 15) is 5.11 Å². The van der Waals surface area contributed by atoms with Gasteiger partial charge in [0, 0.05) is 22.9 Å². The van der Waals surface area contributed by atoms with Crippen molar-refractivity contribution in [3.8, 4) is 5.75 Å². The van der Waals surface area contributed by atoms with Gasteiger partial charge in [0.25, 0.3) is 0 Å². The van der Waals surface area contributed by atoms with E-state index in [1.807, 2.05) is 37.3 Å². The molecule has 92 valence electrons. The zero-order valence-corrected chi connectivity index (χ0v) is 10.3. The van der Waals surface area contributed by atoms with Gasteiger partial charge < -0.3 is 10.8 Å². The number of nitrogens with two attached hydrogens (primary N) is 1. The molecule has 0 amide bonds. The van der Waals surface area contributed by atoms with Crippen LogP contribution in [0, 0.1) is 0 Å². The predicted octanol–water partition coefficient (Wildman–Crippen LogP) is 3.00. The summed E-state index contributed by atoms with van der Waals surface area (Å²) in [4.78, 5) is 4.12. The van der Waals surface area contributed by atoms with E-state index < -0.39 is 0 Å². The van der Waals surface area contributed by atoms with Crippen LogP contribution >= 0.6 is 0 Å². The Kier molecular flexibility index (Phi) is 3.63. The van der Waals surface area contributed by atoms with Crippen LogP contribution in [0.2, 0.25) is 0 Å². The maximum Gasteiger partial charge on any atom is 0.131 e. The second-order valence-corrected chi connectivity index (χ2v) is 4.00. The standard InChI is InChI=1S/C15H16N2O/c1-2-3-4-8-12-13(10-17-15(12)16)11-7-5-6-9-14(11)18/h2-3,5-10,18H,4H2,1H3,(H2,16,17)/b3-2-,12-8+. The fourth-order valence-electron chi connectivity index (χ4n) is 1.86. The van der Waals surface area contributed by atoms with E-state index in [4.69, 9.17) is 5.73 Å². The van der Waals surface area contributed by atoms with Crippen molar-refractivity contribution in [2.45, 2.75) is 13.3 Å². The van der Waals surface area contributed by atoms with E-state index in [0.717, 1.165) is 23.1 Å². The fraction of sp³-hybridized carbons (Fsp3) is 0.133. The van der Waals surface area contributed by atoms with Crippen molar-refractivity contribution in [2.75, 3.05) is 0 Å². The van der Waals surface area contributed by atoms with E-state index in [1.54, 1.807) is 18.3 Å². The van der Waals surface area contributed by atoms with Crippen LogP contribution in [0.15, 0.2) is 59.3 Å². The molecule has 1 aromatic carbocycles.